The highest BCUT2D eigenvalue weighted by Crippen LogP contribution is 2.21. The number of nitrogens with zero attached hydrogens (tertiary/aromatic N) is 3. The monoisotopic (exact) mass is 397 g/mol. The normalized spacial score (nSPS) is 19.2. The van der Waals surface area contributed by atoms with Gasteiger partial charge in [-0.1, -0.05) is 0 Å². The predicted molar refractivity (Wildman–Crippen MR) is 81.7 cm³/mol. The van der Waals surface area contributed by atoms with Gasteiger partial charge in [-0.25, -0.2) is 26.1 Å². The maximum Gasteiger partial charge on any atom is 0.261 e. The minimum Gasteiger partial charge on any atom is -0.242 e. The molecule has 0 aliphatic carbocycles. The molecule has 2 heterocycles. The zero-order valence-electron chi connectivity index (χ0n) is 11.4. The molecule has 1 saturated heterocycles. The highest BCUT2D eigenvalue weighted by Gasteiger charge is 2.30. The number of hydrogen-bond acceptors (Lipinski definition) is 5. The summed E-state index contributed by atoms with van der Waals surface area (Å²) in [6.07, 6.45) is 1.99. The highest BCUT2D eigenvalue weighted by atomic mass is 79.9. The third kappa shape index (κ3) is 3.62. The summed E-state index contributed by atoms with van der Waals surface area (Å²) in [7, 11) is -5.54. The van der Waals surface area contributed by atoms with Crippen molar-refractivity contribution in [3.8, 4) is 0 Å². The van der Waals surface area contributed by atoms with Crippen molar-refractivity contribution in [2.75, 3.05) is 32.4 Å². The zero-order chi connectivity index (χ0) is 15.7. The lowest BCUT2D eigenvalue weighted by Gasteiger charge is -2.20. The predicted octanol–water partition coefficient (Wildman–Crippen LogP) is 0.500. The standard InChI is InChI=1S/C11H16BrN3O4S2/c1-14(7-8-15-6-3-9-20(15,16)17)21(18,19)11-10(12)4-2-5-13-11/h2,4-5H,3,6-9H2,1H3. The van der Waals surface area contributed by atoms with Crippen LogP contribution in [-0.4, -0.2) is 62.9 Å². The van der Waals surface area contributed by atoms with E-state index in [0.29, 0.717) is 17.4 Å². The molecule has 0 atom stereocenters. The van der Waals surface area contributed by atoms with E-state index in [1.165, 1.54) is 17.5 Å². The third-order valence-corrected chi connectivity index (χ3v) is 7.92. The summed E-state index contributed by atoms with van der Waals surface area (Å²) >= 11 is 3.16. The Morgan fingerprint density at radius 1 is 1.48 bits per heavy atom. The number of rotatable bonds is 5. The van der Waals surface area contributed by atoms with Crippen molar-refractivity contribution in [3.63, 3.8) is 0 Å². The lowest BCUT2D eigenvalue weighted by Crippen LogP contribution is -2.37. The molecule has 0 aromatic carbocycles. The minimum atomic E-state index is -3.74. The van der Waals surface area contributed by atoms with Crippen molar-refractivity contribution in [2.24, 2.45) is 0 Å². The Morgan fingerprint density at radius 3 is 2.76 bits per heavy atom. The van der Waals surface area contributed by atoms with Gasteiger partial charge in [0.2, 0.25) is 10.0 Å². The highest BCUT2D eigenvalue weighted by molar-refractivity contribution is 9.10. The lowest BCUT2D eigenvalue weighted by molar-refractivity contribution is 0.386. The number of aromatic nitrogens is 1. The molecule has 0 spiro atoms. The van der Waals surface area contributed by atoms with Crippen LogP contribution in [0.25, 0.3) is 0 Å². The molecule has 1 aliphatic rings. The summed E-state index contributed by atoms with van der Waals surface area (Å²) in [5, 5.41) is -0.0724. The van der Waals surface area contributed by atoms with E-state index >= 15 is 0 Å². The zero-order valence-corrected chi connectivity index (χ0v) is 14.7. The molecule has 0 radical (unpaired) electrons. The van der Waals surface area contributed by atoms with Gasteiger partial charge in [-0.2, -0.15) is 4.31 Å². The summed E-state index contributed by atoms with van der Waals surface area (Å²) in [6.45, 7) is 0.691. The van der Waals surface area contributed by atoms with Crippen LogP contribution in [0.5, 0.6) is 0 Å². The summed E-state index contributed by atoms with van der Waals surface area (Å²) in [4.78, 5) is 3.87. The molecule has 2 rings (SSSR count). The van der Waals surface area contributed by atoms with Gasteiger partial charge < -0.3 is 0 Å². The number of likely N-dealkylation sites (N-methyl/N-ethyl adjacent to an activating group) is 1. The summed E-state index contributed by atoms with van der Waals surface area (Å²) < 4.78 is 51.0. The molecular weight excluding hydrogens is 382 g/mol. The van der Waals surface area contributed by atoms with Crippen molar-refractivity contribution in [1.82, 2.24) is 13.6 Å². The maximum absolute atomic E-state index is 12.4. The van der Waals surface area contributed by atoms with Crippen molar-refractivity contribution in [1.29, 1.82) is 0 Å². The molecule has 1 aromatic heterocycles. The molecule has 0 N–H and O–H groups in total. The van der Waals surface area contributed by atoms with Gasteiger partial charge in [0, 0.05) is 32.9 Å². The molecule has 7 nitrogen and oxygen atoms in total. The summed E-state index contributed by atoms with van der Waals surface area (Å²) in [6, 6.07) is 3.22. The fourth-order valence-corrected chi connectivity index (χ4v) is 5.54. The van der Waals surface area contributed by atoms with Gasteiger partial charge in [0.15, 0.2) is 5.03 Å². The van der Waals surface area contributed by atoms with Crippen LogP contribution in [0, 0.1) is 0 Å². The Balaban J connectivity index is 2.10. The Labute approximate surface area is 133 Å². The maximum atomic E-state index is 12.4. The van der Waals surface area contributed by atoms with Crippen LogP contribution in [-0.2, 0) is 20.0 Å². The Morgan fingerprint density at radius 2 is 2.19 bits per heavy atom. The van der Waals surface area contributed by atoms with Gasteiger partial charge in [-0.05, 0) is 34.5 Å². The molecule has 1 fully saturated rings. The first kappa shape index (κ1) is 16.8. The van der Waals surface area contributed by atoms with Gasteiger partial charge in [-0.3, -0.25) is 0 Å². The second kappa shape index (κ2) is 6.29. The third-order valence-electron chi connectivity index (χ3n) is 3.25. The average Bonchev–Trinajstić information content (AvgIpc) is 2.75. The number of sulfonamides is 2. The van der Waals surface area contributed by atoms with E-state index in [1.54, 1.807) is 12.1 Å². The first-order valence-electron chi connectivity index (χ1n) is 6.30. The molecule has 1 aliphatic heterocycles. The summed E-state index contributed by atoms with van der Waals surface area (Å²) in [5.41, 5.74) is 0. The van der Waals surface area contributed by atoms with E-state index in [1.807, 2.05) is 0 Å². The van der Waals surface area contributed by atoms with E-state index in [2.05, 4.69) is 20.9 Å². The van der Waals surface area contributed by atoms with Crippen LogP contribution in [0.3, 0.4) is 0 Å². The van der Waals surface area contributed by atoms with E-state index in [4.69, 9.17) is 0 Å². The fraction of sp³-hybridized carbons (Fsp3) is 0.545. The molecule has 0 amide bonds. The van der Waals surface area contributed by atoms with E-state index in [-0.39, 0.29) is 23.9 Å². The topological polar surface area (TPSA) is 87.7 Å². The molecular formula is C11H16BrN3O4S2. The van der Waals surface area contributed by atoms with Crippen molar-refractivity contribution in [3.05, 3.63) is 22.8 Å². The second-order valence-corrected chi connectivity index (χ2v) is 9.59. The Hall–Kier alpha value is -0.550. The van der Waals surface area contributed by atoms with Gasteiger partial charge in [0.05, 0.1) is 10.2 Å². The van der Waals surface area contributed by atoms with Crippen LogP contribution in [0.1, 0.15) is 6.42 Å². The fourth-order valence-electron chi connectivity index (χ4n) is 2.02. The quantitative estimate of drug-likeness (QED) is 0.721. The molecule has 21 heavy (non-hydrogen) atoms. The van der Waals surface area contributed by atoms with Crippen LogP contribution in [0.4, 0.5) is 0 Å². The van der Waals surface area contributed by atoms with Crippen LogP contribution in [0.15, 0.2) is 27.8 Å². The van der Waals surface area contributed by atoms with Crippen LogP contribution >= 0.6 is 15.9 Å². The number of halogens is 1. The van der Waals surface area contributed by atoms with Gasteiger partial charge in [-0.15, -0.1) is 0 Å². The van der Waals surface area contributed by atoms with Crippen LogP contribution in [0.2, 0.25) is 0 Å². The van der Waals surface area contributed by atoms with Gasteiger partial charge in [0.25, 0.3) is 10.0 Å². The lowest BCUT2D eigenvalue weighted by atomic mass is 10.5. The number of pyridine rings is 1. The first-order valence-corrected chi connectivity index (χ1v) is 10.1. The summed E-state index contributed by atoms with van der Waals surface area (Å²) in [5.74, 6) is 0.134. The minimum absolute atomic E-state index is 0.0724. The SMILES string of the molecule is CN(CCN1CCCS1(=O)=O)S(=O)(=O)c1ncccc1Br. The van der Waals surface area contributed by atoms with Crippen molar-refractivity contribution >= 4 is 36.0 Å². The van der Waals surface area contributed by atoms with Crippen molar-refractivity contribution < 1.29 is 16.8 Å². The molecule has 0 unspecified atom stereocenters. The largest absolute Gasteiger partial charge is 0.261 e. The van der Waals surface area contributed by atoms with Crippen molar-refractivity contribution in [2.45, 2.75) is 11.4 Å². The Bertz CT molecular complexity index is 721. The molecule has 0 bridgehead atoms. The first-order chi connectivity index (χ1) is 9.75. The van der Waals surface area contributed by atoms with Gasteiger partial charge >= 0.3 is 0 Å². The van der Waals surface area contributed by atoms with E-state index in [9.17, 15) is 16.8 Å². The smallest absolute Gasteiger partial charge is 0.242 e. The number of hydrogen-bond donors (Lipinski definition) is 0. The molecule has 118 valence electrons. The molecule has 10 heteroatoms. The van der Waals surface area contributed by atoms with Crippen LogP contribution < -0.4 is 0 Å². The average molecular weight is 398 g/mol. The Kier molecular flexibility index (Phi) is 5.03. The molecule has 1 aromatic rings. The van der Waals surface area contributed by atoms with E-state index < -0.39 is 20.0 Å². The molecule has 0 saturated carbocycles. The van der Waals surface area contributed by atoms with E-state index in [0.717, 1.165) is 4.31 Å². The second-order valence-electron chi connectivity index (χ2n) is 4.69. The van der Waals surface area contributed by atoms with Gasteiger partial charge in [0.1, 0.15) is 0 Å².